The van der Waals surface area contributed by atoms with Crippen LogP contribution in [0.1, 0.15) is 22.7 Å². The van der Waals surface area contributed by atoms with Gasteiger partial charge < -0.3 is 15.4 Å². The van der Waals surface area contributed by atoms with Crippen molar-refractivity contribution < 1.29 is 9.53 Å². The van der Waals surface area contributed by atoms with Gasteiger partial charge in [0.05, 0.1) is 13.2 Å². The Bertz CT molecular complexity index is 769. The van der Waals surface area contributed by atoms with Crippen LogP contribution in [-0.4, -0.2) is 44.1 Å². The van der Waals surface area contributed by atoms with Crippen LogP contribution in [0.3, 0.4) is 0 Å². The molecular weight excluding hydrogens is 362 g/mol. The van der Waals surface area contributed by atoms with Gasteiger partial charge in [-0.25, -0.2) is 0 Å². The Morgan fingerprint density at radius 3 is 2.85 bits per heavy atom. The number of nitrogens with zero attached hydrogens (tertiary/aromatic N) is 1. The van der Waals surface area contributed by atoms with E-state index < -0.39 is 0 Å². The molecular formula is C21H26ClN3O2. The molecule has 2 aromatic carbocycles. The summed E-state index contributed by atoms with van der Waals surface area (Å²) in [7, 11) is 1.68. The van der Waals surface area contributed by atoms with Crippen LogP contribution < -0.4 is 10.6 Å². The second-order valence-corrected chi connectivity index (χ2v) is 7.16. The maximum Gasteiger partial charge on any atom is 0.234 e. The molecule has 6 heteroatoms. The van der Waals surface area contributed by atoms with Gasteiger partial charge in [0, 0.05) is 44.4 Å². The van der Waals surface area contributed by atoms with Crippen LogP contribution in [0.25, 0.3) is 0 Å². The Morgan fingerprint density at radius 2 is 2.07 bits per heavy atom. The molecule has 1 aliphatic heterocycles. The van der Waals surface area contributed by atoms with Gasteiger partial charge in [-0.1, -0.05) is 48.0 Å². The molecule has 1 aliphatic rings. The zero-order valence-electron chi connectivity index (χ0n) is 15.6. The van der Waals surface area contributed by atoms with Gasteiger partial charge in [-0.2, -0.15) is 0 Å². The van der Waals surface area contributed by atoms with Crippen LogP contribution in [-0.2, 0) is 22.7 Å². The average Bonchev–Trinajstić information content (AvgIpc) is 2.68. The molecule has 1 atom stereocenters. The van der Waals surface area contributed by atoms with Gasteiger partial charge in [0.15, 0.2) is 0 Å². The molecule has 1 amide bonds. The van der Waals surface area contributed by atoms with E-state index in [-0.39, 0.29) is 11.9 Å². The summed E-state index contributed by atoms with van der Waals surface area (Å²) in [5.74, 6) is 0.0242. The Hall–Kier alpha value is -1.92. The van der Waals surface area contributed by atoms with Crippen molar-refractivity contribution in [3.8, 4) is 0 Å². The Balaban J connectivity index is 1.60. The normalized spacial score (nSPS) is 17.6. The number of halogens is 1. The molecule has 1 unspecified atom stereocenters. The van der Waals surface area contributed by atoms with E-state index in [1.165, 1.54) is 0 Å². The molecule has 3 rings (SSSR count). The summed E-state index contributed by atoms with van der Waals surface area (Å²) in [6.07, 6.45) is 0. The van der Waals surface area contributed by atoms with Gasteiger partial charge in [0.1, 0.15) is 0 Å². The summed E-state index contributed by atoms with van der Waals surface area (Å²) in [6, 6.07) is 16.0. The van der Waals surface area contributed by atoms with Crippen molar-refractivity contribution in [2.75, 3.05) is 33.3 Å². The number of hydrogen-bond acceptors (Lipinski definition) is 4. The lowest BCUT2D eigenvalue weighted by atomic mass is 10.0. The van der Waals surface area contributed by atoms with E-state index in [0.717, 1.165) is 41.3 Å². The van der Waals surface area contributed by atoms with Crippen molar-refractivity contribution in [1.82, 2.24) is 15.5 Å². The molecule has 0 aliphatic carbocycles. The molecule has 1 fully saturated rings. The second-order valence-electron chi connectivity index (χ2n) is 6.72. The minimum Gasteiger partial charge on any atom is -0.380 e. The number of rotatable bonds is 7. The predicted molar refractivity (Wildman–Crippen MR) is 108 cm³/mol. The monoisotopic (exact) mass is 387 g/mol. The second kappa shape index (κ2) is 9.85. The first-order valence-corrected chi connectivity index (χ1v) is 9.58. The highest BCUT2D eigenvalue weighted by Crippen LogP contribution is 2.24. The number of ether oxygens (including phenoxy) is 1. The summed E-state index contributed by atoms with van der Waals surface area (Å²) >= 11 is 6.15. The minimum atomic E-state index is 0.0242. The number of benzene rings is 2. The van der Waals surface area contributed by atoms with Crippen molar-refractivity contribution in [1.29, 1.82) is 0 Å². The van der Waals surface area contributed by atoms with E-state index in [1.807, 2.05) is 42.5 Å². The van der Waals surface area contributed by atoms with Crippen LogP contribution in [0.2, 0.25) is 5.02 Å². The van der Waals surface area contributed by atoms with Crippen molar-refractivity contribution >= 4 is 17.5 Å². The van der Waals surface area contributed by atoms with Crippen molar-refractivity contribution in [2.24, 2.45) is 0 Å². The van der Waals surface area contributed by atoms with E-state index >= 15 is 0 Å². The number of methoxy groups -OCH3 is 1. The number of nitrogens with one attached hydrogen (secondary N) is 2. The third kappa shape index (κ3) is 5.53. The molecule has 5 nitrogen and oxygen atoms in total. The first-order chi connectivity index (χ1) is 13.2. The van der Waals surface area contributed by atoms with E-state index in [9.17, 15) is 4.79 Å². The first kappa shape index (κ1) is 19.8. The Kier molecular flexibility index (Phi) is 7.24. The van der Waals surface area contributed by atoms with Crippen LogP contribution in [0.4, 0.5) is 0 Å². The largest absolute Gasteiger partial charge is 0.380 e. The van der Waals surface area contributed by atoms with Crippen LogP contribution >= 0.6 is 11.6 Å². The lowest BCUT2D eigenvalue weighted by molar-refractivity contribution is -0.123. The molecule has 2 N–H and O–H groups in total. The van der Waals surface area contributed by atoms with E-state index in [1.54, 1.807) is 7.11 Å². The molecule has 0 radical (unpaired) electrons. The van der Waals surface area contributed by atoms with Gasteiger partial charge in [-0.3, -0.25) is 9.69 Å². The SMILES string of the molecule is COCc1ccccc1CNC(=O)CN1CCNCC1c1cccc(Cl)c1. The highest BCUT2D eigenvalue weighted by atomic mass is 35.5. The number of hydrogen-bond donors (Lipinski definition) is 2. The molecule has 1 heterocycles. The fourth-order valence-electron chi connectivity index (χ4n) is 3.44. The van der Waals surface area contributed by atoms with Crippen molar-refractivity contribution in [3.63, 3.8) is 0 Å². The third-order valence-electron chi connectivity index (χ3n) is 4.83. The summed E-state index contributed by atoms with van der Waals surface area (Å²) < 4.78 is 5.23. The molecule has 0 aromatic heterocycles. The van der Waals surface area contributed by atoms with Gasteiger partial charge in [0.25, 0.3) is 0 Å². The summed E-state index contributed by atoms with van der Waals surface area (Å²) in [5, 5.41) is 7.17. The van der Waals surface area contributed by atoms with Crippen molar-refractivity contribution in [3.05, 3.63) is 70.2 Å². The standard InChI is InChI=1S/C21H26ClN3O2/c1-27-15-18-6-3-2-5-17(18)12-24-21(26)14-25-10-9-23-13-20(25)16-7-4-8-19(22)11-16/h2-8,11,20,23H,9-10,12-15H2,1H3,(H,24,26). The predicted octanol–water partition coefficient (Wildman–Crippen LogP) is 2.75. The lowest BCUT2D eigenvalue weighted by Gasteiger charge is -2.36. The fourth-order valence-corrected chi connectivity index (χ4v) is 3.64. The van der Waals surface area contributed by atoms with Crippen LogP contribution in [0.15, 0.2) is 48.5 Å². The smallest absolute Gasteiger partial charge is 0.234 e. The topological polar surface area (TPSA) is 53.6 Å². The maximum atomic E-state index is 12.6. The van der Waals surface area contributed by atoms with E-state index in [0.29, 0.717) is 19.7 Å². The number of amides is 1. The van der Waals surface area contributed by atoms with Gasteiger partial charge in [0.2, 0.25) is 5.91 Å². The summed E-state index contributed by atoms with van der Waals surface area (Å²) in [6.45, 7) is 3.93. The minimum absolute atomic E-state index is 0.0242. The van der Waals surface area contributed by atoms with Crippen molar-refractivity contribution in [2.45, 2.75) is 19.2 Å². The number of carbonyl (C=O) groups excluding carboxylic acids is 1. The molecule has 0 saturated carbocycles. The summed E-state index contributed by atoms with van der Waals surface area (Å²) in [4.78, 5) is 14.8. The molecule has 0 bridgehead atoms. The Labute approximate surface area is 165 Å². The summed E-state index contributed by atoms with van der Waals surface area (Å²) in [5.41, 5.74) is 3.31. The Morgan fingerprint density at radius 1 is 1.26 bits per heavy atom. The third-order valence-corrected chi connectivity index (χ3v) is 5.06. The quantitative estimate of drug-likeness (QED) is 0.767. The number of piperazine rings is 1. The van der Waals surface area contributed by atoms with Crippen LogP contribution in [0.5, 0.6) is 0 Å². The fraction of sp³-hybridized carbons (Fsp3) is 0.381. The molecule has 1 saturated heterocycles. The highest BCUT2D eigenvalue weighted by Gasteiger charge is 2.25. The lowest BCUT2D eigenvalue weighted by Crippen LogP contribution is -2.49. The van der Waals surface area contributed by atoms with E-state index in [4.69, 9.17) is 16.3 Å². The zero-order valence-corrected chi connectivity index (χ0v) is 16.3. The first-order valence-electron chi connectivity index (χ1n) is 9.20. The molecule has 27 heavy (non-hydrogen) atoms. The van der Waals surface area contributed by atoms with Gasteiger partial charge in [-0.15, -0.1) is 0 Å². The molecule has 2 aromatic rings. The maximum absolute atomic E-state index is 12.6. The molecule has 144 valence electrons. The van der Waals surface area contributed by atoms with Gasteiger partial charge in [-0.05, 0) is 28.8 Å². The van der Waals surface area contributed by atoms with Gasteiger partial charge >= 0.3 is 0 Å². The molecule has 0 spiro atoms. The number of carbonyl (C=O) groups is 1. The van der Waals surface area contributed by atoms with Crippen LogP contribution in [0, 0.1) is 0 Å². The average molecular weight is 388 g/mol. The zero-order chi connectivity index (χ0) is 19.1. The van der Waals surface area contributed by atoms with E-state index in [2.05, 4.69) is 21.6 Å². The highest BCUT2D eigenvalue weighted by molar-refractivity contribution is 6.30.